The van der Waals surface area contributed by atoms with Gasteiger partial charge in [0.1, 0.15) is 0 Å². The van der Waals surface area contributed by atoms with Crippen molar-refractivity contribution < 1.29 is 9.53 Å². The summed E-state index contributed by atoms with van der Waals surface area (Å²) >= 11 is 1.77. The minimum Gasteiger partial charge on any atom is -0.465 e. The SMILES string of the molecule is CCOC(=O)CSC1CC(C(C)(C)CC)CCC1NC. The van der Waals surface area contributed by atoms with Gasteiger partial charge in [0.25, 0.3) is 0 Å². The number of thioether (sulfide) groups is 1. The van der Waals surface area contributed by atoms with Crippen molar-refractivity contribution in [3.8, 4) is 0 Å². The molecule has 0 aliphatic heterocycles. The van der Waals surface area contributed by atoms with Gasteiger partial charge in [0.15, 0.2) is 0 Å². The van der Waals surface area contributed by atoms with Crippen LogP contribution in [-0.2, 0) is 9.53 Å². The zero-order valence-electron chi connectivity index (χ0n) is 13.7. The van der Waals surface area contributed by atoms with Crippen LogP contribution in [0, 0.1) is 11.3 Å². The lowest BCUT2D eigenvalue weighted by Gasteiger charge is -2.42. The molecule has 0 saturated heterocycles. The Morgan fingerprint density at radius 2 is 2.05 bits per heavy atom. The van der Waals surface area contributed by atoms with E-state index in [4.69, 9.17) is 4.74 Å². The van der Waals surface area contributed by atoms with Crippen LogP contribution in [0.25, 0.3) is 0 Å². The van der Waals surface area contributed by atoms with Crippen LogP contribution in [0.1, 0.15) is 53.4 Å². The Morgan fingerprint density at radius 1 is 1.35 bits per heavy atom. The number of rotatable bonds is 7. The summed E-state index contributed by atoms with van der Waals surface area (Å²) in [7, 11) is 2.04. The van der Waals surface area contributed by atoms with Gasteiger partial charge in [-0.05, 0) is 44.6 Å². The molecule has 118 valence electrons. The van der Waals surface area contributed by atoms with Crippen molar-refractivity contribution in [3.63, 3.8) is 0 Å². The molecule has 1 aliphatic carbocycles. The van der Waals surface area contributed by atoms with E-state index >= 15 is 0 Å². The van der Waals surface area contributed by atoms with E-state index in [1.807, 2.05) is 14.0 Å². The molecule has 1 saturated carbocycles. The number of nitrogens with one attached hydrogen (secondary N) is 1. The van der Waals surface area contributed by atoms with Gasteiger partial charge in [-0.1, -0.05) is 27.2 Å². The molecule has 3 nitrogen and oxygen atoms in total. The molecule has 0 aromatic rings. The summed E-state index contributed by atoms with van der Waals surface area (Å²) in [6.45, 7) is 9.38. The molecule has 1 N–H and O–H groups in total. The van der Waals surface area contributed by atoms with Crippen molar-refractivity contribution in [3.05, 3.63) is 0 Å². The van der Waals surface area contributed by atoms with Crippen LogP contribution in [0.4, 0.5) is 0 Å². The largest absolute Gasteiger partial charge is 0.465 e. The van der Waals surface area contributed by atoms with Crippen molar-refractivity contribution >= 4 is 17.7 Å². The molecule has 0 heterocycles. The van der Waals surface area contributed by atoms with Gasteiger partial charge in [0.2, 0.25) is 0 Å². The highest BCUT2D eigenvalue weighted by Crippen LogP contribution is 2.43. The second-order valence-corrected chi connectivity index (χ2v) is 7.63. The van der Waals surface area contributed by atoms with Crippen molar-refractivity contribution in [1.82, 2.24) is 5.32 Å². The molecule has 0 amide bonds. The van der Waals surface area contributed by atoms with Gasteiger partial charge in [-0.15, -0.1) is 11.8 Å². The fourth-order valence-electron chi connectivity index (χ4n) is 3.02. The van der Waals surface area contributed by atoms with Gasteiger partial charge in [-0.2, -0.15) is 0 Å². The maximum absolute atomic E-state index is 11.6. The molecule has 3 unspecified atom stereocenters. The molecule has 3 atom stereocenters. The summed E-state index contributed by atoms with van der Waals surface area (Å²) in [5.74, 6) is 1.16. The highest BCUT2D eigenvalue weighted by atomic mass is 32.2. The summed E-state index contributed by atoms with van der Waals surface area (Å²) in [6, 6.07) is 0.526. The molecule has 1 fully saturated rings. The Labute approximate surface area is 128 Å². The van der Waals surface area contributed by atoms with Crippen molar-refractivity contribution in [2.45, 2.75) is 64.7 Å². The third-order valence-corrected chi connectivity index (χ3v) is 6.25. The Morgan fingerprint density at radius 3 is 2.60 bits per heavy atom. The quantitative estimate of drug-likeness (QED) is 0.731. The Bertz CT molecular complexity index is 307. The summed E-state index contributed by atoms with van der Waals surface area (Å²) < 4.78 is 5.04. The van der Waals surface area contributed by atoms with Crippen LogP contribution >= 0.6 is 11.8 Å². The Hall–Kier alpha value is -0.220. The maximum atomic E-state index is 11.6. The molecular weight excluding hydrogens is 270 g/mol. The number of hydrogen-bond acceptors (Lipinski definition) is 4. The van der Waals surface area contributed by atoms with E-state index in [0.29, 0.717) is 29.1 Å². The topological polar surface area (TPSA) is 38.3 Å². The third kappa shape index (κ3) is 4.96. The zero-order valence-corrected chi connectivity index (χ0v) is 14.5. The summed E-state index contributed by atoms with van der Waals surface area (Å²) in [6.07, 6.45) is 4.93. The fourth-order valence-corrected chi connectivity index (χ4v) is 4.33. The monoisotopic (exact) mass is 301 g/mol. The first-order valence-electron chi connectivity index (χ1n) is 7.89. The minimum atomic E-state index is -0.0794. The standard InChI is InChI=1S/C16H31NO2S/c1-6-16(3,4)12-8-9-13(17-5)14(10-12)20-11-15(18)19-7-2/h12-14,17H,6-11H2,1-5H3. The molecule has 1 aliphatic rings. The van der Waals surface area contributed by atoms with E-state index < -0.39 is 0 Å². The molecule has 0 aromatic heterocycles. The summed E-state index contributed by atoms with van der Waals surface area (Å²) in [5.41, 5.74) is 0.404. The first kappa shape index (κ1) is 17.8. The second kappa shape index (κ2) is 8.28. The Kier molecular flexibility index (Phi) is 7.38. The van der Waals surface area contributed by atoms with Gasteiger partial charge in [-0.3, -0.25) is 4.79 Å². The molecule has 0 radical (unpaired) electrons. The predicted octanol–water partition coefficient (Wildman–Crippen LogP) is 3.48. The van der Waals surface area contributed by atoms with Crippen LogP contribution in [-0.4, -0.2) is 36.7 Å². The summed E-state index contributed by atoms with van der Waals surface area (Å²) in [4.78, 5) is 11.6. The highest BCUT2D eigenvalue weighted by Gasteiger charge is 2.37. The third-order valence-electron chi connectivity index (χ3n) is 4.90. The lowest BCUT2D eigenvalue weighted by atomic mass is 9.68. The molecule has 0 bridgehead atoms. The summed E-state index contributed by atoms with van der Waals surface area (Å²) in [5, 5.41) is 3.95. The van der Waals surface area contributed by atoms with E-state index in [1.165, 1.54) is 25.7 Å². The lowest BCUT2D eigenvalue weighted by Crippen LogP contribution is -2.44. The molecule has 4 heteroatoms. The lowest BCUT2D eigenvalue weighted by molar-refractivity contribution is -0.139. The van der Waals surface area contributed by atoms with Crippen LogP contribution in [0.5, 0.6) is 0 Å². The first-order valence-corrected chi connectivity index (χ1v) is 8.94. The number of carbonyl (C=O) groups excluding carboxylic acids is 1. The Balaban J connectivity index is 2.57. The van der Waals surface area contributed by atoms with Crippen molar-refractivity contribution in [2.24, 2.45) is 11.3 Å². The number of carbonyl (C=O) groups is 1. The van der Waals surface area contributed by atoms with E-state index in [-0.39, 0.29) is 5.97 Å². The average Bonchev–Trinajstić information content (AvgIpc) is 2.45. The molecular formula is C16H31NO2S. The second-order valence-electron chi connectivity index (χ2n) is 6.40. The molecule has 1 rings (SSSR count). The van der Waals surface area contributed by atoms with Gasteiger partial charge < -0.3 is 10.1 Å². The van der Waals surface area contributed by atoms with Crippen molar-refractivity contribution in [2.75, 3.05) is 19.4 Å². The van der Waals surface area contributed by atoms with Crippen LogP contribution in [0.2, 0.25) is 0 Å². The molecule has 20 heavy (non-hydrogen) atoms. The van der Waals surface area contributed by atoms with Gasteiger partial charge >= 0.3 is 5.97 Å². The minimum absolute atomic E-state index is 0.0794. The normalized spacial score (nSPS) is 27.4. The van der Waals surface area contributed by atoms with Crippen LogP contribution in [0.15, 0.2) is 0 Å². The van der Waals surface area contributed by atoms with E-state index in [0.717, 1.165) is 5.92 Å². The number of esters is 1. The average molecular weight is 301 g/mol. The van der Waals surface area contributed by atoms with E-state index in [1.54, 1.807) is 11.8 Å². The highest BCUT2D eigenvalue weighted by molar-refractivity contribution is 8.00. The maximum Gasteiger partial charge on any atom is 0.315 e. The smallest absolute Gasteiger partial charge is 0.315 e. The number of hydrogen-bond donors (Lipinski definition) is 1. The van der Waals surface area contributed by atoms with Crippen molar-refractivity contribution in [1.29, 1.82) is 0 Å². The van der Waals surface area contributed by atoms with Gasteiger partial charge in [0.05, 0.1) is 12.4 Å². The van der Waals surface area contributed by atoms with E-state index in [9.17, 15) is 4.79 Å². The van der Waals surface area contributed by atoms with Gasteiger partial charge in [0, 0.05) is 11.3 Å². The molecule has 0 spiro atoms. The van der Waals surface area contributed by atoms with E-state index in [2.05, 4.69) is 26.1 Å². The predicted molar refractivity (Wildman–Crippen MR) is 87.1 cm³/mol. The zero-order chi connectivity index (χ0) is 15.2. The van der Waals surface area contributed by atoms with Crippen LogP contribution in [0.3, 0.4) is 0 Å². The van der Waals surface area contributed by atoms with Gasteiger partial charge in [-0.25, -0.2) is 0 Å². The molecule has 0 aromatic carbocycles. The first-order chi connectivity index (χ1) is 9.44. The van der Waals surface area contributed by atoms with Crippen LogP contribution < -0.4 is 5.32 Å². The number of ether oxygens (including phenoxy) is 1. The fraction of sp³-hybridized carbons (Fsp3) is 0.938.